The van der Waals surface area contributed by atoms with Crippen LogP contribution in [0, 0.1) is 11.3 Å². The van der Waals surface area contributed by atoms with Gasteiger partial charge in [-0.3, -0.25) is 4.79 Å². The lowest BCUT2D eigenvalue weighted by Crippen LogP contribution is -2.41. The Labute approximate surface area is 106 Å². The van der Waals surface area contributed by atoms with Crippen LogP contribution in [-0.4, -0.2) is 36.4 Å². The van der Waals surface area contributed by atoms with Gasteiger partial charge in [0, 0.05) is 6.54 Å². The molecule has 102 valence electrons. The van der Waals surface area contributed by atoms with Gasteiger partial charge in [0.2, 0.25) is 6.08 Å². The molecule has 0 aliphatic rings. The first kappa shape index (κ1) is 16.1. The van der Waals surface area contributed by atoms with Crippen molar-refractivity contribution in [3.8, 4) is 0 Å². The van der Waals surface area contributed by atoms with Gasteiger partial charge in [-0.05, 0) is 11.3 Å². The van der Waals surface area contributed by atoms with Gasteiger partial charge in [0.05, 0.1) is 6.42 Å². The number of carboxylic acids is 1. The monoisotopic (exact) mass is 257 g/mol. The Bertz CT molecular complexity index is 343. The molecule has 0 aliphatic carbocycles. The van der Waals surface area contributed by atoms with Crippen molar-refractivity contribution in [1.29, 1.82) is 0 Å². The summed E-state index contributed by atoms with van der Waals surface area (Å²) in [6, 6.07) is -0.492. The number of hydrogen-bond donors (Lipinski definition) is 3. The normalized spacial score (nSPS) is 12.2. The van der Waals surface area contributed by atoms with Gasteiger partial charge in [-0.25, -0.2) is 9.59 Å². The lowest BCUT2D eigenvalue weighted by molar-refractivity contribution is -0.139. The molecule has 0 fully saturated rings. The number of carbonyl (C=O) groups excluding carboxylic acids is 2. The predicted molar refractivity (Wildman–Crippen MR) is 64.7 cm³/mol. The van der Waals surface area contributed by atoms with Gasteiger partial charge >= 0.3 is 12.0 Å². The molecule has 3 N–H and O–H groups in total. The molecule has 2 amide bonds. The number of nitrogens with zero attached hydrogens (tertiary/aromatic N) is 1. The summed E-state index contributed by atoms with van der Waals surface area (Å²) in [5, 5.41) is 13.7. The fourth-order valence-corrected chi connectivity index (χ4v) is 1.32. The van der Waals surface area contributed by atoms with Crippen molar-refractivity contribution in [1.82, 2.24) is 10.6 Å². The van der Waals surface area contributed by atoms with Crippen molar-refractivity contribution in [3.63, 3.8) is 0 Å². The molecule has 0 heterocycles. The van der Waals surface area contributed by atoms with E-state index in [1.54, 1.807) is 0 Å². The van der Waals surface area contributed by atoms with Crippen molar-refractivity contribution in [2.75, 3.05) is 13.2 Å². The van der Waals surface area contributed by atoms with E-state index in [-0.39, 0.29) is 31.0 Å². The summed E-state index contributed by atoms with van der Waals surface area (Å²) >= 11 is 0. The SMILES string of the molecule is CC(C)(C)C(CNC(=O)NCN=C=O)CC(=O)O. The second-order valence-electron chi connectivity index (χ2n) is 4.96. The standard InChI is InChI=1S/C11H19N3O4/c1-11(2,3)8(4-9(16)17)5-13-10(18)14-6-12-7-15/h8H,4-6H2,1-3H3,(H,16,17)(H2,13,14,18). The van der Waals surface area contributed by atoms with Crippen molar-refractivity contribution in [3.05, 3.63) is 0 Å². The van der Waals surface area contributed by atoms with Gasteiger partial charge in [0.1, 0.15) is 6.67 Å². The van der Waals surface area contributed by atoms with E-state index in [1.165, 1.54) is 6.08 Å². The van der Waals surface area contributed by atoms with E-state index in [4.69, 9.17) is 5.11 Å². The highest BCUT2D eigenvalue weighted by Gasteiger charge is 2.27. The van der Waals surface area contributed by atoms with E-state index in [2.05, 4.69) is 15.6 Å². The highest BCUT2D eigenvalue weighted by molar-refractivity contribution is 5.74. The minimum absolute atomic E-state index is 0.0176. The van der Waals surface area contributed by atoms with Crippen molar-refractivity contribution in [2.45, 2.75) is 27.2 Å². The Hall–Kier alpha value is -1.88. The molecular formula is C11H19N3O4. The molecule has 0 aromatic rings. The molecule has 1 unspecified atom stereocenters. The van der Waals surface area contributed by atoms with Crippen LogP contribution < -0.4 is 10.6 Å². The summed E-state index contributed by atoms with van der Waals surface area (Å²) in [6.07, 6.45) is 1.28. The Morgan fingerprint density at radius 2 is 1.94 bits per heavy atom. The smallest absolute Gasteiger partial charge is 0.316 e. The Morgan fingerprint density at radius 3 is 2.39 bits per heavy atom. The van der Waals surface area contributed by atoms with Crippen LogP contribution >= 0.6 is 0 Å². The number of aliphatic imine (C=N–C) groups is 1. The molecule has 1 atom stereocenters. The first-order chi connectivity index (χ1) is 8.27. The number of nitrogens with one attached hydrogen (secondary N) is 2. The quantitative estimate of drug-likeness (QED) is 0.481. The molecule has 18 heavy (non-hydrogen) atoms. The lowest BCUT2D eigenvalue weighted by atomic mass is 9.79. The molecule has 0 radical (unpaired) electrons. The third-order valence-corrected chi connectivity index (χ3v) is 2.54. The van der Waals surface area contributed by atoms with Gasteiger partial charge in [-0.15, -0.1) is 0 Å². The molecule has 0 spiro atoms. The van der Waals surface area contributed by atoms with Crippen LogP contribution in [0.25, 0.3) is 0 Å². The van der Waals surface area contributed by atoms with Gasteiger partial charge < -0.3 is 15.7 Å². The maximum absolute atomic E-state index is 11.3. The third-order valence-electron chi connectivity index (χ3n) is 2.54. The zero-order valence-corrected chi connectivity index (χ0v) is 10.8. The number of amides is 2. The fourth-order valence-electron chi connectivity index (χ4n) is 1.32. The highest BCUT2D eigenvalue weighted by atomic mass is 16.4. The van der Waals surface area contributed by atoms with E-state index in [9.17, 15) is 14.4 Å². The maximum Gasteiger partial charge on any atom is 0.316 e. The topological polar surface area (TPSA) is 108 Å². The van der Waals surface area contributed by atoms with Gasteiger partial charge in [-0.1, -0.05) is 20.8 Å². The predicted octanol–water partition coefficient (Wildman–Crippen LogP) is 0.716. The molecule has 0 rings (SSSR count). The van der Waals surface area contributed by atoms with Crippen LogP contribution in [0.1, 0.15) is 27.2 Å². The number of urea groups is 1. The number of hydrogen-bond acceptors (Lipinski definition) is 4. The van der Waals surface area contributed by atoms with Crippen LogP contribution in [0.5, 0.6) is 0 Å². The number of carbonyl (C=O) groups is 2. The molecule has 0 saturated carbocycles. The molecule has 7 nitrogen and oxygen atoms in total. The van der Waals surface area contributed by atoms with Crippen LogP contribution in [-0.2, 0) is 9.59 Å². The first-order valence-electron chi connectivity index (χ1n) is 5.54. The summed E-state index contributed by atoms with van der Waals surface area (Å²) in [6.45, 7) is 5.84. The molecule has 0 aromatic heterocycles. The zero-order chi connectivity index (χ0) is 14.2. The van der Waals surface area contributed by atoms with E-state index in [0.29, 0.717) is 0 Å². The van der Waals surface area contributed by atoms with E-state index in [1.807, 2.05) is 20.8 Å². The van der Waals surface area contributed by atoms with Gasteiger partial charge in [0.25, 0.3) is 0 Å². The maximum atomic E-state index is 11.3. The average molecular weight is 257 g/mol. The summed E-state index contributed by atoms with van der Waals surface area (Å²) < 4.78 is 0. The van der Waals surface area contributed by atoms with Gasteiger partial charge in [-0.2, -0.15) is 4.99 Å². The van der Waals surface area contributed by atoms with E-state index < -0.39 is 12.0 Å². The minimum atomic E-state index is -0.900. The second kappa shape index (κ2) is 7.45. The lowest BCUT2D eigenvalue weighted by Gasteiger charge is -2.29. The Balaban J connectivity index is 4.22. The molecule has 0 saturated heterocycles. The number of carboxylic acid groups (broad SMARTS) is 1. The number of rotatable bonds is 6. The van der Waals surface area contributed by atoms with E-state index >= 15 is 0 Å². The van der Waals surface area contributed by atoms with Crippen LogP contribution in [0.2, 0.25) is 0 Å². The van der Waals surface area contributed by atoms with Gasteiger partial charge in [0.15, 0.2) is 0 Å². The summed E-state index contributed by atoms with van der Waals surface area (Å²) in [5.41, 5.74) is -0.230. The molecule has 0 aliphatic heterocycles. The Morgan fingerprint density at radius 1 is 1.33 bits per heavy atom. The van der Waals surface area contributed by atoms with Crippen molar-refractivity contribution >= 4 is 18.1 Å². The third kappa shape index (κ3) is 7.40. The second-order valence-corrected chi connectivity index (χ2v) is 4.96. The van der Waals surface area contributed by atoms with Crippen LogP contribution in [0.15, 0.2) is 4.99 Å². The molecular weight excluding hydrogens is 238 g/mol. The summed E-state index contributed by atoms with van der Waals surface area (Å²) in [7, 11) is 0. The number of isocyanates is 1. The highest BCUT2D eigenvalue weighted by Crippen LogP contribution is 2.28. The first-order valence-corrected chi connectivity index (χ1v) is 5.54. The molecule has 7 heteroatoms. The van der Waals surface area contributed by atoms with Crippen LogP contribution in [0.4, 0.5) is 4.79 Å². The molecule has 0 aromatic carbocycles. The van der Waals surface area contributed by atoms with Crippen molar-refractivity contribution < 1.29 is 19.5 Å². The summed E-state index contributed by atoms with van der Waals surface area (Å²) in [4.78, 5) is 34.9. The van der Waals surface area contributed by atoms with Crippen molar-refractivity contribution in [2.24, 2.45) is 16.3 Å². The fraction of sp³-hybridized carbons (Fsp3) is 0.727. The van der Waals surface area contributed by atoms with Crippen LogP contribution in [0.3, 0.4) is 0 Å². The molecule has 0 bridgehead atoms. The average Bonchev–Trinajstić information content (AvgIpc) is 2.22. The summed E-state index contributed by atoms with van der Waals surface area (Å²) in [5.74, 6) is -1.09. The van der Waals surface area contributed by atoms with E-state index in [0.717, 1.165) is 0 Å². The number of aliphatic carboxylic acids is 1. The zero-order valence-electron chi connectivity index (χ0n) is 10.8. The minimum Gasteiger partial charge on any atom is -0.481 e. The largest absolute Gasteiger partial charge is 0.481 e. The Kier molecular flexibility index (Phi) is 6.67.